The fourth-order valence-electron chi connectivity index (χ4n) is 3.18. The van der Waals surface area contributed by atoms with Gasteiger partial charge in [0.1, 0.15) is 0 Å². The van der Waals surface area contributed by atoms with Crippen molar-refractivity contribution in [1.29, 1.82) is 0 Å². The molecule has 0 unspecified atom stereocenters. The first-order valence-electron chi connectivity index (χ1n) is 8.73. The molecule has 9 heteroatoms. The third kappa shape index (κ3) is 3.55. The van der Waals surface area contributed by atoms with Crippen molar-refractivity contribution in [3.63, 3.8) is 0 Å². The van der Waals surface area contributed by atoms with Crippen LogP contribution in [0.15, 0.2) is 59.6 Å². The first kappa shape index (κ1) is 19.3. The Morgan fingerprint density at radius 1 is 1.21 bits per heavy atom. The van der Waals surface area contributed by atoms with E-state index in [1.807, 2.05) is 35.6 Å². The van der Waals surface area contributed by atoms with Crippen molar-refractivity contribution in [3.8, 4) is 0 Å². The zero-order valence-electron chi connectivity index (χ0n) is 15.7. The average Bonchev–Trinajstić information content (AvgIpc) is 3.18. The zero-order chi connectivity index (χ0) is 20.8. The van der Waals surface area contributed by atoms with E-state index in [9.17, 15) is 13.2 Å². The molecule has 0 aliphatic carbocycles. The van der Waals surface area contributed by atoms with E-state index in [-0.39, 0.29) is 10.7 Å². The van der Waals surface area contributed by atoms with Crippen molar-refractivity contribution in [1.82, 2.24) is 9.38 Å². The highest BCUT2D eigenvalue weighted by Crippen LogP contribution is 2.28. The van der Waals surface area contributed by atoms with Crippen molar-refractivity contribution in [3.05, 3.63) is 70.9 Å². The molecule has 0 atom stereocenters. The summed E-state index contributed by atoms with van der Waals surface area (Å²) >= 11 is 1.34. The summed E-state index contributed by atoms with van der Waals surface area (Å²) in [5, 5.41) is 8.15. The number of primary sulfonamides is 1. The smallest absolute Gasteiger partial charge is 0.238 e. The van der Waals surface area contributed by atoms with Crippen LogP contribution >= 0.6 is 11.3 Å². The number of rotatable bonds is 5. The molecule has 0 saturated heterocycles. The minimum absolute atomic E-state index is 0.0458. The number of nitrogens with zero attached hydrogens (tertiary/aromatic N) is 2. The van der Waals surface area contributed by atoms with E-state index in [2.05, 4.69) is 10.3 Å². The molecule has 2 aromatic carbocycles. The number of nitrogens with two attached hydrogens (primary N) is 1. The third-order valence-electron chi connectivity index (χ3n) is 4.59. The number of aromatic nitrogens is 2. The Bertz CT molecular complexity index is 1400. The molecule has 7 nitrogen and oxygen atoms in total. The molecule has 0 aliphatic rings. The molecule has 0 spiro atoms. The zero-order valence-corrected chi connectivity index (χ0v) is 17.3. The second-order valence-electron chi connectivity index (χ2n) is 6.60. The van der Waals surface area contributed by atoms with E-state index in [0.717, 1.165) is 21.7 Å². The summed E-state index contributed by atoms with van der Waals surface area (Å²) in [7, 11) is -3.81. The molecular formula is C20H18N4O3S2. The molecule has 2 aromatic heterocycles. The van der Waals surface area contributed by atoms with Crippen LogP contribution in [-0.2, 0) is 10.0 Å². The number of imidazole rings is 1. The number of fused-ring (bicyclic) bond motifs is 3. The summed E-state index contributed by atoms with van der Waals surface area (Å²) in [6.07, 6.45) is 2.90. The van der Waals surface area contributed by atoms with Crippen LogP contribution < -0.4 is 10.5 Å². The third-order valence-corrected chi connectivity index (χ3v) is 6.80. The monoisotopic (exact) mass is 426 g/mol. The van der Waals surface area contributed by atoms with Gasteiger partial charge in [-0.1, -0.05) is 29.5 Å². The summed E-state index contributed by atoms with van der Waals surface area (Å²) < 4.78 is 25.2. The molecule has 0 fully saturated rings. The lowest BCUT2D eigenvalue weighted by Crippen LogP contribution is -2.13. The number of para-hydroxylation sites is 2. The maximum Gasteiger partial charge on any atom is 0.238 e. The van der Waals surface area contributed by atoms with Gasteiger partial charge >= 0.3 is 0 Å². The molecule has 0 aliphatic heterocycles. The molecule has 148 valence electrons. The van der Waals surface area contributed by atoms with Gasteiger partial charge in [0.05, 0.1) is 20.8 Å². The highest BCUT2D eigenvalue weighted by Gasteiger charge is 2.17. The molecule has 0 saturated carbocycles. The van der Waals surface area contributed by atoms with Crippen LogP contribution in [0.3, 0.4) is 0 Å². The SMILES string of the molecule is Cc1ccc(N/C=C/C(=O)c2sc3nc4ccccc4n3c2C)cc1S(N)(=O)=O. The predicted molar refractivity (Wildman–Crippen MR) is 115 cm³/mol. The Labute approximate surface area is 171 Å². The highest BCUT2D eigenvalue weighted by atomic mass is 32.2. The fraction of sp³-hybridized carbons (Fsp3) is 0.100. The molecule has 3 N–H and O–H groups in total. The number of sulfonamides is 1. The van der Waals surface area contributed by atoms with Gasteiger partial charge < -0.3 is 5.32 Å². The van der Waals surface area contributed by atoms with Gasteiger partial charge in [0.25, 0.3) is 0 Å². The normalized spacial score (nSPS) is 12.2. The maximum absolute atomic E-state index is 12.7. The standard InChI is InChI=1S/C20H18N4O3S2/c1-12-7-8-14(11-18(12)29(21,26)27)22-10-9-17(25)19-13(2)24-16-6-4-3-5-15(16)23-20(24)28-19/h3-11,22H,1-2H3,(H2,21,26,27)/b10-9+. The Morgan fingerprint density at radius 3 is 2.72 bits per heavy atom. The first-order chi connectivity index (χ1) is 13.8. The Hall–Kier alpha value is -3.01. The lowest BCUT2D eigenvalue weighted by Gasteiger charge is -2.06. The summed E-state index contributed by atoms with van der Waals surface area (Å²) in [6.45, 7) is 3.56. The number of hydrogen-bond acceptors (Lipinski definition) is 6. The van der Waals surface area contributed by atoms with Gasteiger partial charge in [0.2, 0.25) is 10.0 Å². The minimum atomic E-state index is -3.81. The fourth-order valence-corrected chi connectivity index (χ4v) is 5.05. The lowest BCUT2D eigenvalue weighted by molar-refractivity contribution is 0.104. The maximum atomic E-state index is 12.7. The predicted octanol–water partition coefficient (Wildman–Crippen LogP) is 3.62. The summed E-state index contributed by atoms with van der Waals surface area (Å²) in [4.78, 5) is 18.7. The Kier molecular flexibility index (Phi) is 4.73. The Morgan fingerprint density at radius 2 is 1.97 bits per heavy atom. The van der Waals surface area contributed by atoms with Crippen molar-refractivity contribution in [2.75, 3.05) is 5.32 Å². The van der Waals surface area contributed by atoms with Crippen LogP contribution in [0.25, 0.3) is 16.0 Å². The van der Waals surface area contributed by atoms with Crippen LogP contribution in [0.1, 0.15) is 20.9 Å². The minimum Gasteiger partial charge on any atom is -0.362 e. The summed E-state index contributed by atoms with van der Waals surface area (Å²) in [5.74, 6) is -0.159. The molecular weight excluding hydrogens is 408 g/mol. The number of nitrogens with one attached hydrogen (secondary N) is 1. The van der Waals surface area contributed by atoms with Gasteiger partial charge in [-0.2, -0.15) is 0 Å². The van der Waals surface area contributed by atoms with Gasteiger partial charge in [-0.3, -0.25) is 9.20 Å². The number of hydrogen-bond donors (Lipinski definition) is 2. The molecule has 29 heavy (non-hydrogen) atoms. The van der Waals surface area contributed by atoms with Crippen molar-refractivity contribution >= 4 is 48.8 Å². The number of thiazole rings is 1. The molecule has 0 amide bonds. The van der Waals surface area contributed by atoms with E-state index in [4.69, 9.17) is 5.14 Å². The van der Waals surface area contributed by atoms with Crippen LogP contribution in [0.2, 0.25) is 0 Å². The van der Waals surface area contributed by atoms with Crippen molar-refractivity contribution < 1.29 is 13.2 Å². The van der Waals surface area contributed by atoms with E-state index in [0.29, 0.717) is 16.1 Å². The van der Waals surface area contributed by atoms with Crippen LogP contribution in [0, 0.1) is 13.8 Å². The van der Waals surface area contributed by atoms with E-state index in [1.165, 1.54) is 29.7 Å². The van der Waals surface area contributed by atoms with E-state index >= 15 is 0 Å². The summed E-state index contributed by atoms with van der Waals surface area (Å²) in [6, 6.07) is 12.6. The van der Waals surface area contributed by atoms with Crippen LogP contribution in [-0.4, -0.2) is 23.6 Å². The number of carbonyl (C=O) groups excluding carboxylic acids is 1. The summed E-state index contributed by atoms with van der Waals surface area (Å²) in [5.41, 5.74) is 3.77. The van der Waals surface area contributed by atoms with Crippen LogP contribution in [0.5, 0.6) is 0 Å². The highest BCUT2D eigenvalue weighted by molar-refractivity contribution is 7.89. The molecule has 0 radical (unpaired) electrons. The second-order valence-corrected chi connectivity index (χ2v) is 9.11. The quantitative estimate of drug-likeness (QED) is 0.374. The van der Waals surface area contributed by atoms with Gasteiger partial charge in [-0.15, -0.1) is 0 Å². The average molecular weight is 427 g/mol. The topological polar surface area (TPSA) is 107 Å². The van der Waals surface area contributed by atoms with E-state index < -0.39 is 10.0 Å². The lowest BCUT2D eigenvalue weighted by atomic mass is 10.2. The number of ketones is 1. The Balaban J connectivity index is 1.58. The molecule has 2 heterocycles. The molecule has 0 bridgehead atoms. The van der Waals surface area contributed by atoms with Gasteiger partial charge in [0, 0.05) is 23.7 Å². The number of carbonyl (C=O) groups is 1. The van der Waals surface area contributed by atoms with Gasteiger partial charge in [-0.05, 0) is 43.7 Å². The van der Waals surface area contributed by atoms with Crippen LogP contribution in [0.4, 0.5) is 5.69 Å². The van der Waals surface area contributed by atoms with Gasteiger partial charge in [-0.25, -0.2) is 18.5 Å². The first-order valence-corrected chi connectivity index (χ1v) is 11.1. The largest absolute Gasteiger partial charge is 0.362 e. The second kappa shape index (κ2) is 7.11. The van der Waals surface area contributed by atoms with Gasteiger partial charge in [0.15, 0.2) is 10.7 Å². The molecule has 4 rings (SSSR count). The number of allylic oxidation sites excluding steroid dienone is 1. The van der Waals surface area contributed by atoms with Crippen molar-refractivity contribution in [2.24, 2.45) is 5.14 Å². The number of anilines is 1. The van der Waals surface area contributed by atoms with E-state index in [1.54, 1.807) is 19.1 Å². The van der Waals surface area contributed by atoms with Crippen molar-refractivity contribution in [2.45, 2.75) is 18.7 Å². The molecule has 4 aromatic rings. The number of aryl methyl sites for hydroxylation is 2. The number of benzene rings is 2.